The van der Waals surface area contributed by atoms with Crippen LogP contribution in [-0.4, -0.2) is 84.5 Å². The molecule has 1 atom stereocenters. The SMILES string of the molecule is O=C1CCC(N2C(=O)c3cccc(NC(=O)COCCCCOCCOCCI)c3C2=O)C(=O)N1. The molecule has 2 aliphatic rings. The second kappa shape index (κ2) is 13.6. The predicted octanol–water partition coefficient (Wildman–Crippen LogP) is 1.29. The number of anilines is 1. The fraction of sp³-hybridized carbons (Fsp3) is 0.522. The van der Waals surface area contributed by atoms with Crippen LogP contribution in [0.5, 0.6) is 0 Å². The molecule has 1 aromatic rings. The van der Waals surface area contributed by atoms with Gasteiger partial charge < -0.3 is 19.5 Å². The van der Waals surface area contributed by atoms with Gasteiger partial charge >= 0.3 is 0 Å². The van der Waals surface area contributed by atoms with E-state index in [0.29, 0.717) is 33.0 Å². The van der Waals surface area contributed by atoms with Gasteiger partial charge in [0.25, 0.3) is 11.8 Å². The van der Waals surface area contributed by atoms with Crippen molar-refractivity contribution < 1.29 is 38.2 Å². The van der Waals surface area contributed by atoms with E-state index in [-0.39, 0.29) is 36.3 Å². The standard InChI is InChI=1S/C23H28IN3O8/c24-8-11-34-13-12-33-9-1-2-10-35-14-19(29)25-16-5-3-4-15-20(16)23(32)27(22(15)31)17-6-7-18(28)26-21(17)30/h3-5,17H,1-2,6-14H2,(H,25,29)(H,26,28,30). The molecule has 0 radical (unpaired) electrons. The number of ether oxygens (including phenoxy) is 3. The van der Waals surface area contributed by atoms with Crippen molar-refractivity contribution in [2.24, 2.45) is 0 Å². The molecule has 190 valence electrons. The first-order chi connectivity index (χ1) is 16.9. The van der Waals surface area contributed by atoms with Gasteiger partial charge in [-0.3, -0.25) is 34.2 Å². The van der Waals surface area contributed by atoms with E-state index in [1.54, 1.807) is 6.07 Å². The van der Waals surface area contributed by atoms with Crippen LogP contribution in [0.4, 0.5) is 5.69 Å². The van der Waals surface area contributed by atoms with E-state index in [0.717, 1.165) is 22.2 Å². The van der Waals surface area contributed by atoms with Gasteiger partial charge in [0.1, 0.15) is 12.6 Å². The van der Waals surface area contributed by atoms with Gasteiger partial charge in [0.15, 0.2) is 0 Å². The number of carbonyl (C=O) groups excluding carboxylic acids is 5. The highest BCUT2D eigenvalue weighted by Gasteiger charge is 2.45. The van der Waals surface area contributed by atoms with Gasteiger partial charge in [-0.1, -0.05) is 28.7 Å². The molecule has 0 aliphatic carbocycles. The Kier molecular flexibility index (Phi) is 10.6. The van der Waals surface area contributed by atoms with Gasteiger partial charge in [-0.25, -0.2) is 0 Å². The first-order valence-electron chi connectivity index (χ1n) is 11.4. The number of hydrogen-bond acceptors (Lipinski definition) is 8. The predicted molar refractivity (Wildman–Crippen MR) is 132 cm³/mol. The largest absolute Gasteiger partial charge is 0.379 e. The molecule has 2 N–H and O–H groups in total. The number of alkyl halides is 1. The smallest absolute Gasteiger partial charge is 0.264 e. The minimum Gasteiger partial charge on any atom is -0.379 e. The molecule has 0 aromatic heterocycles. The highest BCUT2D eigenvalue weighted by Crippen LogP contribution is 2.32. The number of nitrogens with zero attached hydrogens (tertiary/aromatic N) is 1. The Hall–Kier alpha value is -2.42. The van der Waals surface area contributed by atoms with E-state index in [1.165, 1.54) is 12.1 Å². The molecule has 3 rings (SSSR count). The molecule has 11 nitrogen and oxygen atoms in total. The second-order valence-electron chi connectivity index (χ2n) is 7.90. The zero-order chi connectivity index (χ0) is 25.2. The summed E-state index contributed by atoms with van der Waals surface area (Å²) in [6.45, 7) is 2.57. The number of hydrogen-bond donors (Lipinski definition) is 2. The number of unbranched alkanes of at least 4 members (excludes halogenated alkanes) is 1. The molecule has 1 fully saturated rings. The van der Waals surface area contributed by atoms with Crippen molar-refractivity contribution in [2.75, 3.05) is 49.4 Å². The van der Waals surface area contributed by atoms with E-state index in [2.05, 4.69) is 33.2 Å². The zero-order valence-electron chi connectivity index (χ0n) is 19.2. The number of imide groups is 2. The average Bonchev–Trinajstić information content (AvgIpc) is 3.08. The molecule has 5 amide bonds. The fourth-order valence-corrected chi connectivity index (χ4v) is 4.07. The van der Waals surface area contributed by atoms with E-state index in [1.807, 2.05) is 0 Å². The van der Waals surface area contributed by atoms with Crippen LogP contribution in [0.3, 0.4) is 0 Å². The van der Waals surface area contributed by atoms with Crippen molar-refractivity contribution in [1.82, 2.24) is 10.2 Å². The maximum Gasteiger partial charge on any atom is 0.264 e. The van der Waals surface area contributed by atoms with Crippen molar-refractivity contribution in [3.8, 4) is 0 Å². The zero-order valence-corrected chi connectivity index (χ0v) is 21.3. The molecule has 12 heteroatoms. The molecule has 2 aliphatic heterocycles. The first-order valence-corrected chi connectivity index (χ1v) is 12.9. The Morgan fingerprint density at radius 3 is 2.43 bits per heavy atom. The summed E-state index contributed by atoms with van der Waals surface area (Å²) < 4.78 is 17.1. The molecule has 1 saturated heterocycles. The van der Waals surface area contributed by atoms with Crippen molar-refractivity contribution >= 4 is 57.8 Å². The highest BCUT2D eigenvalue weighted by molar-refractivity contribution is 14.1. The average molecular weight is 601 g/mol. The van der Waals surface area contributed by atoms with Crippen LogP contribution in [0, 0.1) is 0 Å². The van der Waals surface area contributed by atoms with Crippen LogP contribution in [0.25, 0.3) is 0 Å². The second-order valence-corrected chi connectivity index (χ2v) is 8.98. The number of amides is 5. The van der Waals surface area contributed by atoms with Gasteiger partial charge in [0.2, 0.25) is 17.7 Å². The van der Waals surface area contributed by atoms with Crippen molar-refractivity contribution in [1.29, 1.82) is 0 Å². The molecule has 2 heterocycles. The number of fused-ring (bicyclic) bond motifs is 1. The summed E-state index contributed by atoms with van der Waals surface area (Å²) in [7, 11) is 0. The highest BCUT2D eigenvalue weighted by atomic mass is 127. The monoisotopic (exact) mass is 601 g/mol. The van der Waals surface area contributed by atoms with Crippen LogP contribution >= 0.6 is 22.6 Å². The minimum absolute atomic E-state index is 0.0233. The van der Waals surface area contributed by atoms with Gasteiger partial charge in [-0.05, 0) is 31.4 Å². The van der Waals surface area contributed by atoms with Crippen LogP contribution < -0.4 is 10.6 Å². The Labute approximate surface area is 216 Å². The Balaban J connectivity index is 1.44. The van der Waals surface area contributed by atoms with E-state index in [4.69, 9.17) is 14.2 Å². The molecular formula is C23H28IN3O8. The normalized spacial score (nSPS) is 17.5. The van der Waals surface area contributed by atoms with Gasteiger partial charge in [0, 0.05) is 24.1 Å². The van der Waals surface area contributed by atoms with E-state index >= 15 is 0 Å². The number of carbonyl (C=O) groups is 5. The lowest BCUT2D eigenvalue weighted by molar-refractivity contribution is -0.136. The van der Waals surface area contributed by atoms with Crippen LogP contribution in [-0.2, 0) is 28.6 Å². The third-order valence-electron chi connectivity index (χ3n) is 5.40. The number of piperidine rings is 1. The lowest BCUT2D eigenvalue weighted by Gasteiger charge is -2.27. The summed E-state index contributed by atoms with van der Waals surface area (Å²) in [5.41, 5.74) is 0.288. The molecule has 0 saturated carbocycles. The van der Waals surface area contributed by atoms with Gasteiger partial charge in [-0.15, -0.1) is 0 Å². The maximum atomic E-state index is 13.0. The van der Waals surface area contributed by atoms with Gasteiger partial charge in [-0.2, -0.15) is 0 Å². The summed E-state index contributed by atoms with van der Waals surface area (Å²) in [5, 5.41) is 4.76. The number of halogens is 1. The minimum atomic E-state index is -1.07. The number of rotatable bonds is 14. The van der Waals surface area contributed by atoms with Gasteiger partial charge in [0.05, 0.1) is 36.6 Å². The Morgan fingerprint density at radius 1 is 1.00 bits per heavy atom. The molecule has 1 unspecified atom stereocenters. The van der Waals surface area contributed by atoms with Crippen LogP contribution in [0.2, 0.25) is 0 Å². The molecule has 0 spiro atoms. The van der Waals surface area contributed by atoms with Crippen molar-refractivity contribution in [3.05, 3.63) is 29.3 Å². The summed E-state index contributed by atoms with van der Waals surface area (Å²) in [6, 6.07) is 3.45. The maximum absolute atomic E-state index is 13.0. The van der Waals surface area contributed by atoms with Crippen molar-refractivity contribution in [3.63, 3.8) is 0 Å². The first kappa shape index (κ1) is 27.2. The third-order valence-corrected chi connectivity index (χ3v) is 5.84. The number of nitrogens with one attached hydrogen (secondary N) is 2. The summed E-state index contributed by atoms with van der Waals surface area (Å²) in [5.74, 6) is -2.92. The van der Waals surface area contributed by atoms with E-state index < -0.39 is 35.6 Å². The van der Waals surface area contributed by atoms with Crippen LogP contribution in [0.1, 0.15) is 46.4 Å². The summed E-state index contributed by atoms with van der Waals surface area (Å²) >= 11 is 2.24. The molecule has 35 heavy (non-hydrogen) atoms. The molecule has 1 aromatic carbocycles. The number of benzene rings is 1. The fourth-order valence-electron chi connectivity index (χ4n) is 3.76. The van der Waals surface area contributed by atoms with Crippen LogP contribution in [0.15, 0.2) is 18.2 Å². The third kappa shape index (κ3) is 7.29. The molecule has 0 bridgehead atoms. The topological polar surface area (TPSA) is 140 Å². The molecular weight excluding hydrogens is 573 g/mol. The van der Waals surface area contributed by atoms with Crippen molar-refractivity contribution in [2.45, 2.75) is 31.7 Å². The van der Waals surface area contributed by atoms with E-state index in [9.17, 15) is 24.0 Å². The quantitative estimate of drug-likeness (QED) is 0.141. The summed E-state index contributed by atoms with van der Waals surface area (Å²) in [6.07, 6.45) is 1.59. The lowest BCUT2D eigenvalue weighted by atomic mass is 10.0. The summed E-state index contributed by atoms with van der Waals surface area (Å²) in [4.78, 5) is 62.7. The lowest BCUT2D eigenvalue weighted by Crippen LogP contribution is -2.54. The Bertz CT molecular complexity index is 970. The Morgan fingerprint density at radius 2 is 1.71 bits per heavy atom.